The third-order valence-electron chi connectivity index (χ3n) is 3.75. The van der Waals surface area contributed by atoms with Crippen LogP contribution in [-0.4, -0.2) is 24.7 Å². The van der Waals surface area contributed by atoms with E-state index < -0.39 is 0 Å². The van der Waals surface area contributed by atoms with Gasteiger partial charge in [-0.3, -0.25) is 0 Å². The van der Waals surface area contributed by atoms with Crippen molar-refractivity contribution in [2.45, 2.75) is 13.0 Å². The molecule has 0 N–H and O–H groups in total. The van der Waals surface area contributed by atoms with Gasteiger partial charge in [0.2, 0.25) is 0 Å². The second kappa shape index (κ2) is 4.93. The van der Waals surface area contributed by atoms with Crippen LogP contribution in [0.25, 0.3) is 11.1 Å². The molecule has 0 radical (unpaired) electrons. The molecule has 3 aromatic rings. The molecule has 1 aromatic carbocycles. The molecule has 0 spiro atoms. The minimum Gasteiger partial charge on any atom is -0.464 e. The van der Waals surface area contributed by atoms with Gasteiger partial charge in [0, 0.05) is 6.54 Å². The highest BCUT2D eigenvalue weighted by atomic mass is 16.5. The van der Waals surface area contributed by atoms with Crippen LogP contribution in [0, 0.1) is 6.92 Å². The summed E-state index contributed by atoms with van der Waals surface area (Å²) in [6.45, 7) is 3.91. The van der Waals surface area contributed by atoms with Crippen LogP contribution in [0.1, 0.15) is 17.6 Å². The Balaban J connectivity index is 1.73. The van der Waals surface area contributed by atoms with Crippen molar-refractivity contribution in [2.24, 2.45) is 0 Å². The summed E-state index contributed by atoms with van der Waals surface area (Å²) in [7, 11) is 0. The maximum Gasteiger partial charge on any atom is 0.299 e. The van der Waals surface area contributed by atoms with Crippen molar-refractivity contribution in [3.63, 3.8) is 0 Å². The lowest BCUT2D eigenvalue weighted by atomic mass is 10.2. The topological polar surface area (TPSA) is 51.6 Å². The predicted octanol–water partition coefficient (Wildman–Crippen LogP) is 3.31. The van der Waals surface area contributed by atoms with Crippen molar-refractivity contribution in [3.05, 3.63) is 47.9 Å². The maximum atomic E-state index is 5.88. The Morgan fingerprint density at radius 3 is 2.86 bits per heavy atom. The van der Waals surface area contributed by atoms with Gasteiger partial charge < -0.3 is 18.5 Å². The van der Waals surface area contributed by atoms with E-state index in [0.29, 0.717) is 19.2 Å². The first-order chi connectivity index (χ1) is 10.3. The summed E-state index contributed by atoms with van der Waals surface area (Å²) in [6.07, 6.45) is 0. The Bertz CT molecular complexity index is 729. The molecule has 1 atom stereocenters. The molecular weight excluding hydrogens is 268 g/mol. The molecule has 0 aliphatic carbocycles. The van der Waals surface area contributed by atoms with Gasteiger partial charge in [-0.2, -0.15) is 4.98 Å². The van der Waals surface area contributed by atoms with Crippen LogP contribution >= 0.6 is 0 Å². The molecule has 1 aliphatic heterocycles. The number of anilines is 1. The number of oxazole rings is 1. The van der Waals surface area contributed by atoms with Crippen LogP contribution < -0.4 is 4.90 Å². The first kappa shape index (κ1) is 12.5. The second-order valence-electron chi connectivity index (χ2n) is 5.20. The highest BCUT2D eigenvalue weighted by molar-refractivity contribution is 5.74. The van der Waals surface area contributed by atoms with Crippen molar-refractivity contribution in [3.8, 4) is 0 Å². The first-order valence-electron chi connectivity index (χ1n) is 7.07. The third kappa shape index (κ3) is 2.19. The van der Waals surface area contributed by atoms with E-state index >= 15 is 0 Å². The van der Waals surface area contributed by atoms with Gasteiger partial charge in [-0.1, -0.05) is 12.1 Å². The van der Waals surface area contributed by atoms with Gasteiger partial charge in [0.15, 0.2) is 5.58 Å². The minimum absolute atomic E-state index is 0.000474. The molecule has 0 saturated carbocycles. The largest absolute Gasteiger partial charge is 0.464 e. The molecule has 108 valence electrons. The zero-order chi connectivity index (χ0) is 14.2. The third-order valence-corrected chi connectivity index (χ3v) is 3.75. The Kier molecular flexibility index (Phi) is 2.93. The summed E-state index contributed by atoms with van der Waals surface area (Å²) in [4.78, 5) is 6.69. The standard InChI is InChI=1S/C16H16N2O3/c1-11-6-7-15(20-11)13-10-19-9-8-18(13)16-17-12-4-2-3-5-14(12)21-16/h2-7,13H,8-10H2,1H3/t13-/m0/s1. The number of hydrogen-bond donors (Lipinski definition) is 0. The fourth-order valence-corrected chi connectivity index (χ4v) is 2.68. The van der Waals surface area contributed by atoms with Crippen molar-refractivity contribution in [1.29, 1.82) is 0 Å². The zero-order valence-electron chi connectivity index (χ0n) is 11.8. The van der Waals surface area contributed by atoms with Gasteiger partial charge in [-0.05, 0) is 31.2 Å². The van der Waals surface area contributed by atoms with Gasteiger partial charge >= 0.3 is 0 Å². The van der Waals surface area contributed by atoms with Crippen molar-refractivity contribution in [2.75, 3.05) is 24.7 Å². The summed E-state index contributed by atoms with van der Waals surface area (Å²) in [6, 6.07) is 12.4. The number of fused-ring (bicyclic) bond motifs is 1. The second-order valence-corrected chi connectivity index (χ2v) is 5.20. The fraction of sp³-hybridized carbons (Fsp3) is 0.312. The molecule has 1 saturated heterocycles. The Labute approximate surface area is 122 Å². The molecule has 1 fully saturated rings. The average Bonchev–Trinajstić information content (AvgIpc) is 3.13. The van der Waals surface area contributed by atoms with E-state index in [1.54, 1.807) is 0 Å². The van der Waals surface area contributed by atoms with Crippen LogP contribution in [0.2, 0.25) is 0 Å². The summed E-state index contributed by atoms with van der Waals surface area (Å²) >= 11 is 0. The van der Waals surface area contributed by atoms with E-state index in [9.17, 15) is 0 Å². The highest BCUT2D eigenvalue weighted by Crippen LogP contribution is 2.32. The molecule has 0 bridgehead atoms. The summed E-state index contributed by atoms with van der Waals surface area (Å²) in [5.41, 5.74) is 1.67. The summed E-state index contributed by atoms with van der Waals surface area (Å²) in [5.74, 6) is 1.78. The number of ether oxygens (including phenoxy) is 1. The number of benzene rings is 1. The van der Waals surface area contributed by atoms with Crippen LogP contribution in [0.15, 0.2) is 45.2 Å². The molecule has 4 rings (SSSR count). The zero-order valence-corrected chi connectivity index (χ0v) is 11.8. The lowest BCUT2D eigenvalue weighted by Gasteiger charge is -2.33. The van der Waals surface area contributed by atoms with Crippen LogP contribution in [0.5, 0.6) is 0 Å². The summed E-state index contributed by atoms with van der Waals surface area (Å²) < 4.78 is 17.2. The molecule has 0 amide bonds. The molecule has 5 heteroatoms. The van der Waals surface area contributed by atoms with Crippen molar-refractivity contribution in [1.82, 2.24) is 4.98 Å². The average molecular weight is 284 g/mol. The lowest BCUT2D eigenvalue weighted by molar-refractivity contribution is 0.0847. The molecule has 1 aliphatic rings. The van der Waals surface area contributed by atoms with E-state index in [0.717, 1.165) is 29.2 Å². The predicted molar refractivity (Wildman–Crippen MR) is 78.4 cm³/mol. The molecule has 5 nitrogen and oxygen atoms in total. The monoisotopic (exact) mass is 284 g/mol. The fourth-order valence-electron chi connectivity index (χ4n) is 2.68. The minimum atomic E-state index is 0.000474. The number of morpholine rings is 1. The van der Waals surface area contributed by atoms with Gasteiger partial charge in [0.25, 0.3) is 6.01 Å². The van der Waals surface area contributed by atoms with Crippen molar-refractivity contribution < 1.29 is 13.6 Å². The number of aromatic nitrogens is 1. The van der Waals surface area contributed by atoms with Gasteiger partial charge in [0.1, 0.15) is 23.1 Å². The SMILES string of the molecule is Cc1ccc([C@@H]2COCCN2c2nc3ccccc3o2)o1. The lowest BCUT2D eigenvalue weighted by Crippen LogP contribution is -2.39. The van der Waals surface area contributed by atoms with E-state index in [1.165, 1.54) is 0 Å². The molecule has 3 heterocycles. The highest BCUT2D eigenvalue weighted by Gasteiger charge is 2.30. The first-order valence-corrected chi connectivity index (χ1v) is 7.07. The van der Waals surface area contributed by atoms with E-state index in [-0.39, 0.29) is 6.04 Å². The Morgan fingerprint density at radius 2 is 2.05 bits per heavy atom. The van der Waals surface area contributed by atoms with Crippen LogP contribution in [0.3, 0.4) is 0 Å². The quantitative estimate of drug-likeness (QED) is 0.722. The van der Waals surface area contributed by atoms with Gasteiger partial charge in [-0.25, -0.2) is 0 Å². The van der Waals surface area contributed by atoms with Crippen LogP contribution in [-0.2, 0) is 4.74 Å². The van der Waals surface area contributed by atoms with E-state index in [4.69, 9.17) is 13.6 Å². The number of furan rings is 1. The normalized spacial score (nSPS) is 19.3. The summed E-state index contributed by atoms with van der Waals surface area (Å²) in [5, 5.41) is 0. The van der Waals surface area contributed by atoms with Gasteiger partial charge in [0.05, 0.1) is 13.2 Å². The number of hydrogen-bond acceptors (Lipinski definition) is 5. The maximum absolute atomic E-state index is 5.88. The smallest absolute Gasteiger partial charge is 0.299 e. The number of rotatable bonds is 2. The molecule has 0 unspecified atom stereocenters. The van der Waals surface area contributed by atoms with Crippen LogP contribution in [0.4, 0.5) is 6.01 Å². The van der Waals surface area contributed by atoms with E-state index in [2.05, 4.69) is 9.88 Å². The van der Waals surface area contributed by atoms with Crippen molar-refractivity contribution >= 4 is 17.1 Å². The molecular formula is C16H16N2O3. The van der Waals surface area contributed by atoms with Gasteiger partial charge in [-0.15, -0.1) is 0 Å². The number of para-hydroxylation sites is 2. The number of nitrogens with zero attached hydrogens (tertiary/aromatic N) is 2. The Hall–Kier alpha value is -2.27. The van der Waals surface area contributed by atoms with E-state index in [1.807, 2.05) is 43.3 Å². The molecule has 21 heavy (non-hydrogen) atoms. The Morgan fingerprint density at radius 1 is 1.14 bits per heavy atom. The number of aryl methyl sites for hydroxylation is 1. The molecule has 2 aromatic heterocycles.